The zero-order valence-corrected chi connectivity index (χ0v) is 19.4. The van der Waals surface area contributed by atoms with Crippen molar-refractivity contribution >= 4 is 17.6 Å². The van der Waals surface area contributed by atoms with Crippen molar-refractivity contribution in [2.75, 3.05) is 54.4 Å². The summed E-state index contributed by atoms with van der Waals surface area (Å²) in [6, 6.07) is 19.4. The molecule has 0 atom stereocenters. The molecule has 7 nitrogen and oxygen atoms in total. The molecule has 2 saturated heterocycles. The van der Waals surface area contributed by atoms with Crippen LogP contribution in [0.25, 0.3) is 0 Å². The summed E-state index contributed by atoms with van der Waals surface area (Å²) in [5, 5.41) is 3.70. The van der Waals surface area contributed by atoms with Gasteiger partial charge < -0.3 is 15.1 Å². The van der Waals surface area contributed by atoms with E-state index in [0.29, 0.717) is 6.04 Å². The first-order valence-electron chi connectivity index (χ1n) is 12.0. The molecule has 1 N–H and O–H groups in total. The SMILES string of the molecule is Cc1cc(NC2CCN(Cc3ccccc3)CC2)nc(N2CCN(c3ccccn3)CC2)n1. The zero-order valence-electron chi connectivity index (χ0n) is 19.4. The number of nitrogens with zero attached hydrogens (tertiary/aromatic N) is 6. The first kappa shape index (κ1) is 21.6. The van der Waals surface area contributed by atoms with Gasteiger partial charge in [0, 0.05) is 69.8 Å². The summed E-state index contributed by atoms with van der Waals surface area (Å²) in [4.78, 5) is 21.3. The quantitative estimate of drug-likeness (QED) is 0.625. The van der Waals surface area contributed by atoms with E-state index in [1.807, 2.05) is 18.3 Å². The Bertz CT molecular complexity index is 1010. The van der Waals surface area contributed by atoms with Gasteiger partial charge in [-0.1, -0.05) is 36.4 Å². The lowest BCUT2D eigenvalue weighted by atomic mass is 10.0. The van der Waals surface area contributed by atoms with Gasteiger partial charge in [0.1, 0.15) is 11.6 Å². The fraction of sp³-hybridized carbons (Fsp3) is 0.423. The molecule has 0 amide bonds. The molecule has 0 aliphatic carbocycles. The van der Waals surface area contributed by atoms with Crippen molar-refractivity contribution in [3.63, 3.8) is 0 Å². The first-order valence-corrected chi connectivity index (χ1v) is 12.0. The Hall–Kier alpha value is -3.19. The van der Waals surface area contributed by atoms with Gasteiger partial charge in [0.25, 0.3) is 0 Å². The van der Waals surface area contributed by atoms with E-state index >= 15 is 0 Å². The molecule has 4 heterocycles. The summed E-state index contributed by atoms with van der Waals surface area (Å²) in [6.07, 6.45) is 4.12. The number of aryl methyl sites for hydroxylation is 1. The molecule has 1 aromatic carbocycles. The summed E-state index contributed by atoms with van der Waals surface area (Å²) in [5.74, 6) is 2.83. The van der Waals surface area contributed by atoms with Gasteiger partial charge in [0.05, 0.1) is 0 Å². The van der Waals surface area contributed by atoms with Crippen LogP contribution in [0.2, 0.25) is 0 Å². The molecule has 2 aromatic heterocycles. The van der Waals surface area contributed by atoms with Crippen LogP contribution < -0.4 is 15.1 Å². The monoisotopic (exact) mass is 443 g/mol. The predicted molar refractivity (Wildman–Crippen MR) is 134 cm³/mol. The first-order chi connectivity index (χ1) is 16.2. The van der Waals surface area contributed by atoms with Crippen LogP contribution >= 0.6 is 0 Å². The number of aromatic nitrogens is 3. The Balaban J connectivity index is 1.15. The van der Waals surface area contributed by atoms with Gasteiger partial charge in [-0.05, 0) is 37.5 Å². The van der Waals surface area contributed by atoms with E-state index < -0.39 is 0 Å². The number of piperazine rings is 1. The average molecular weight is 444 g/mol. The van der Waals surface area contributed by atoms with Gasteiger partial charge in [-0.2, -0.15) is 4.98 Å². The van der Waals surface area contributed by atoms with E-state index in [1.54, 1.807) is 0 Å². The molecule has 0 saturated carbocycles. The standard InChI is InChI=1S/C26H33N7/c1-21-19-24(29-23-10-13-31(14-11-23)20-22-7-3-2-4-8-22)30-26(28-21)33-17-15-32(16-18-33)25-9-5-6-12-27-25/h2-9,12,19,23H,10-11,13-18,20H2,1H3,(H,28,29,30). The largest absolute Gasteiger partial charge is 0.367 e. The Morgan fingerprint density at radius 1 is 0.848 bits per heavy atom. The Kier molecular flexibility index (Phi) is 6.67. The summed E-state index contributed by atoms with van der Waals surface area (Å²) in [7, 11) is 0. The second-order valence-electron chi connectivity index (χ2n) is 9.04. The van der Waals surface area contributed by atoms with Crippen LogP contribution in [-0.4, -0.2) is 65.2 Å². The zero-order chi connectivity index (χ0) is 22.5. The summed E-state index contributed by atoms with van der Waals surface area (Å²) in [6.45, 7) is 8.97. The highest BCUT2D eigenvalue weighted by Gasteiger charge is 2.22. The van der Waals surface area contributed by atoms with Gasteiger partial charge in [-0.15, -0.1) is 0 Å². The number of anilines is 3. The van der Waals surface area contributed by atoms with E-state index in [-0.39, 0.29) is 0 Å². The molecule has 0 radical (unpaired) electrons. The molecule has 2 aliphatic heterocycles. The highest BCUT2D eigenvalue weighted by atomic mass is 15.3. The number of hydrogen-bond acceptors (Lipinski definition) is 7. The average Bonchev–Trinajstić information content (AvgIpc) is 2.86. The van der Waals surface area contributed by atoms with Gasteiger partial charge >= 0.3 is 0 Å². The van der Waals surface area contributed by atoms with Crippen molar-refractivity contribution in [2.24, 2.45) is 0 Å². The number of benzene rings is 1. The normalized spacial score (nSPS) is 17.8. The number of piperidine rings is 1. The topological polar surface area (TPSA) is 60.4 Å². The van der Waals surface area contributed by atoms with E-state index in [1.165, 1.54) is 5.56 Å². The smallest absolute Gasteiger partial charge is 0.227 e. The number of rotatable bonds is 6. The molecular weight excluding hydrogens is 410 g/mol. The Morgan fingerprint density at radius 3 is 2.30 bits per heavy atom. The second-order valence-corrected chi connectivity index (χ2v) is 9.04. The van der Waals surface area contributed by atoms with E-state index in [0.717, 1.165) is 81.9 Å². The molecule has 172 valence electrons. The van der Waals surface area contributed by atoms with Gasteiger partial charge in [0.2, 0.25) is 5.95 Å². The fourth-order valence-electron chi connectivity index (χ4n) is 4.73. The van der Waals surface area contributed by atoms with Crippen molar-refractivity contribution in [3.05, 3.63) is 72.1 Å². The molecule has 7 heteroatoms. The van der Waals surface area contributed by atoms with Crippen molar-refractivity contribution in [1.29, 1.82) is 0 Å². The molecule has 3 aromatic rings. The van der Waals surface area contributed by atoms with Gasteiger partial charge in [-0.3, -0.25) is 4.90 Å². The van der Waals surface area contributed by atoms with Crippen LogP contribution in [0.4, 0.5) is 17.6 Å². The Labute approximate surface area is 196 Å². The van der Waals surface area contributed by atoms with Crippen LogP contribution in [0.15, 0.2) is 60.8 Å². The number of nitrogens with one attached hydrogen (secondary N) is 1. The highest BCUT2D eigenvalue weighted by molar-refractivity contribution is 5.47. The number of likely N-dealkylation sites (tertiary alicyclic amines) is 1. The minimum atomic E-state index is 0.458. The molecule has 0 bridgehead atoms. The third-order valence-electron chi connectivity index (χ3n) is 6.57. The predicted octanol–water partition coefficient (Wildman–Crippen LogP) is 3.58. The third kappa shape index (κ3) is 5.60. The van der Waals surface area contributed by atoms with Crippen molar-refractivity contribution in [1.82, 2.24) is 19.9 Å². The fourth-order valence-corrected chi connectivity index (χ4v) is 4.73. The molecule has 2 fully saturated rings. The maximum Gasteiger partial charge on any atom is 0.227 e. The van der Waals surface area contributed by atoms with E-state index in [4.69, 9.17) is 9.97 Å². The Morgan fingerprint density at radius 2 is 1.58 bits per heavy atom. The van der Waals surface area contributed by atoms with Crippen LogP contribution in [-0.2, 0) is 6.54 Å². The third-order valence-corrected chi connectivity index (χ3v) is 6.57. The van der Waals surface area contributed by atoms with Crippen LogP contribution in [0.3, 0.4) is 0 Å². The molecule has 33 heavy (non-hydrogen) atoms. The highest BCUT2D eigenvalue weighted by Crippen LogP contribution is 2.21. The molecule has 0 unspecified atom stereocenters. The lowest BCUT2D eigenvalue weighted by Crippen LogP contribution is -2.47. The summed E-state index contributed by atoms with van der Waals surface area (Å²) in [5.41, 5.74) is 2.40. The van der Waals surface area contributed by atoms with Gasteiger partial charge in [0.15, 0.2) is 0 Å². The van der Waals surface area contributed by atoms with Gasteiger partial charge in [-0.25, -0.2) is 9.97 Å². The van der Waals surface area contributed by atoms with E-state index in [2.05, 4.69) is 74.4 Å². The lowest BCUT2D eigenvalue weighted by Gasteiger charge is -2.36. The summed E-state index contributed by atoms with van der Waals surface area (Å²) >= 11 is 0. The van der Waals surface area contributed by atoms with Crippen LogP contribution in [0.1, 0.15) is 24.1 Å². The minimum absolute atomic E-state index is 0.458. The molecule has 5 rings (SSSR count). The lowest BCUT2D eigenvalue weighted by molar-refractivity contribution is 0.211. The van der Waals surface area contributed by atoms with Crippen LogP contribution in [0, 0.1) is 6.92 Å². The maximum absolute atomic E-state index is 4.89. The number of pyridine rings is 1. The van der Waals surface area contributed by atoms with Crippen LogP contribution in [0.5, 0.6) is 0 Å². The maximum atomic E-state index is 4.89. The number of hydrogen-bond donors (Lipinski definition) is 1. The van der Waals surface area contributed by atoms with E-state index in [9.17, 15) is 0 Å². The minimum Gasteiger partial charge on any atom is -0.367 e. The van der Waals surface area contributed by atoms with Crippen molar-refractivity contribution < 1.29 is 0 Å². The molecule has 0 spiro atoms. The molecule has 2 aliphatic rings. The summed E-state index contributed by atoms with van der Waals surface area (Å²) < 4.78 is 0. The van der Waals surface area contributed by atoms with Crippen molar-refractivity contribution in [3.8, 4) is 0 Å². The second kappa shape index (κ2) is 10.2. The van der Waals surface area contributed by atoms with Crippen molar-refractivity contribution in [2.45, 2.75) is 32.4 Å². The molecular formula is C26H33N7.